The Bertz CT molecular complexity index is 2680. The van der Waals surface area contributed by atoms with Gasteiger partial charge in [-0.15, -0.1) is 21.9 Å². The van der Waals surface area contributed by atoms with Crippen LogP contribution in [0.2, 0.25) is 0 Å². The van der Waals surface area contributed by atoms with Gasteiger partial charge in [0.25, 0.3) is 0 Å². The maximum Gasteiger partial charge on any atom is 0.117 e. The highest BCUT2D eigenvalue weighted by molar-refractivity contribution is 6.75. The molecule has 0 saturated carbocycles. The van der Waals surface area contributed by atoms with Gasteiger partial charge in [-0.25, -0.2) is 0 Å². The van der Waals surface area contributed by atoms with E-state index in [9.17, 15) is 0 Å². The number of fused-ring (bicyclic) bond motifs is 6. The summed E-state index contributed by atoms with van der Waals surface area (Å²) in [7, 11) is 74.3. The van der Waals surface area contributed by atoms with E-state index in [4.69, 9.17) is 86.3 Å². The van der Waals surface area contributed by atoms with Crippen molar-refractivity contribution in [2.24, 2.45) is 0 Å². The molecule has 54 heavy (non-hydrogen) atoms. The largest absolute Gasteiger partial charge is 0.312 e. The lowest BCUT2D eigenvalue weighted by atomic mass is 9.58. The van der Waals surface area contributed by atoms with Gasteiger partial charge in [-0.2, -0.15) is 0 Å². The molecular weight excluding hydrogens is 637 g/mol. The second-order valence-corrected chi connectivity index (χ2v) is 13.3. The summed E-state index contributed by atoms with van der Waals surface area (Å²) >= 11 is 0. The van der Waals surface area contributed by atoms with E-state index >= 15 is 0 Å². The zero-order valence-corrected chi connectivity index (χ0v) is 29.2. The van der Waals surface area contributed by atoms with Gasteiger partial charge < -0.3 is 4.90 Å². The highest BCUT2D eigenvalue weighted by Gasteiger charge is 2.26. The Morgan fingerprint density at radius 2 is 0.500 bits per heavy atom. The van der Waals surface area contributed by atoms with Crippen molar-refractivity contribution in [2.45, 2.75) is 0 Å². The third-order valence-corrected chi connectivity index (χ3v) is 10.3. The van der Waals surface area contributed by atoms with E-state index < -0.39 is 0 Å². The normalized spacial score (nSPS) is 11.4. The number of hydrogen-bond acceptors (Lipinski definition) is 1. The molecule has 0 unspecified atom stereocenters. The van der Waals surface area contributed by atoms with Crippen molar-refractivity contribution >= 4 is 196 Å². The summed E-state index contributed by atoms with van der Waals surface area (Å²) in [4.78, 5) is 1.95. The maximum atomic E-state index is 7.35. The molecule has 0 heterocycles. The summed E-state index contributed by atoms with van der Waals surface area (Å²) in [6.45, 7) is 0. The van der Waals surface area contributed by atoms with Crippen molar-refractivity contribution in [3.05, 3.63) is 109 Å². The van der Waals surface area contributed by atoms with Crippen LogP contribution in [0.5, 0.6) is 0 Å². The van der Waals surface area contributed by atoms with Crippen molar-refractivity contribution in [1.29, 1.82) is 0 Å². The molecular formula is C42H18B11N. The average molecular weight is 656 g/mol. The van der Waals surface area contributed by atoms with Gasteiger partial charge in [0.2, 0.25) is 0 Å². The number of hydrogen-bond donors (Lipinski definition) is 0. The lowest BCUT2D eigenvalue weighted by Crippen LogP contribution is -2.51. The lowest BCUT2D eigenvalue weighted by molar-refractivity contribution is 1.31. The first-order valence-corrected chi connectivity index (χ1v) is 17.1. The van der Waals surface area contributed by atoms with Crippen LogP contribution < -0.4 is 65.0 Å². The Morgan fingerprint density at radius 3 is 0.815 bits per heavy atom. The average Bonchev–Trinajstić information content (AvgIpc) is 3.21. The molecule has 0 aliphatic heterocycles. The highest BCUT2D eigenvalue weighted by Crippen LogP contribution is 2.37. The van der Waals surface area contributed by atoms with Crippen molar-refractivity contribution < 1.29 is 0 Å². The molecule has 0 aliphatic carbocycles. The van der Waals surface area contributed by atoms with Gasteiger partial charge in [-0.1, -0.05) is 123 Å². The molecule has 22 radical (unpaired) electrons. The van der Waals surface area contributed by atoms with Crippen LogP contribution in [0.25, 0.3) is 54.6 Å². The van der Waals surface area contributed by atoms with E-state index in [2.05, 4.69) is 24.3 Å². The molecule has 1 nitrogen and oxygen atoms in total. The predicted molar refractivity (Wildman–Crippen MR) is 244 cm³/mol. The van der Waals surface area contributed by atoms with Crippen LogP contribution in [-0.4, -0.2) is 86.3 Å². The molecule has 12 heteroatoms. The molecule has 0 amide bonds. The molecule has 8 aromatic rings. The number of anilines is 3. The van der Waals surface area contributed by atoms with Crippen molar-refractivity contribution in [1.82, 2.24) is 0 Å². The first kappa shape index (κ1) is 36.1. The molecule has 0 saturated heterocycles. The topological polar surface area (TPSA) is 3.24 Å². The van der Waals surface area contributed by atoms with Crippen LogP contribution in [0.1, 0.15) is 0 Å². The molecule has 0 fully saturated rings. The predicted octanol–water partition coefficient (Wildman–Crippen LogP) is -1.32. The summed E-state index contributed by atoms with van der Waals surface area (Å²) < 4.78 is 0. The number of benzene rings is 8. The standard InChI is InChI=1S/C42H18B11N/c43-31-25-26-28(34(46)40(52)38(50)32(26)44)30-29(27(25)33(45)39(51)37(31)49)35(47)41(53)42(36(30)48)54(23-15-11-21(12-16-23)19-7-3-1-4-8-19)24-17-13-22(14-18-24)20-9-5-2-6-10-20/h1-18H. The van der Waals surface area contributed by atoms with Crippen molar-refractivity contribution in [2.75, 3.05) is 4.90 Å². The second-order valence-electron chi connectivity index (χ2n) is 13.3. The molecule has 0 atom stereocenters. The fraction of sp³-hybridized carbons (Fsp3) is 0. The van der Waals surface area contributed by atoms with E-state index in [1.807, 2.05) is 89.8 Å². The Kier molecular flexibility index (Phi) is 9.16. The van der Waals surface area contributed by atoms with Crippen LogP contribution in [-0.2, 0) is 0 Å². The quantitative estimate of drug-likeness (QED) is 0.165. The fourth-order valence-corrected chi connectivity index (χ4v) is 7.53. The van der Waals surface area contributed by atoms with Crippen molar-refractivity contribution in [3.63, 3.8) is 0 Å². The molecule has 0 N–H and O–H groups in total. The first-order valence-electron chi connectivity index (χ1n) is 17.1. The lowest BCUT2D eigenvalue weighted by Gasteiger charge is -2.34. The Hall–Kier alpha value is -4.95. The minimum absolute atomic E-state index is 0.0641. The highest BCUT2D eigenvalue weighted by atomic mass is 15.1. The molecule has 0 spiro atoms. The number of nitrogens with zero attached hydrogens (tertiary/aromatic N) is 1. The summed E-state index contributed by atoms with van der Waals surface area (Å²) in [6, 6.07) is 36.3. The summed E-state index contributed by atoms with van der Waals surface area (Å²) in [5.74, 6) is 0. The Morgan fingerprint density at radius 1 is 0.241 bits per heavy atom. The van der Waals surface area contributed by atoms with E-state index in [1.54, 1.807) is 0 Å². The van der Waals surface area contributed by atoms with E-state index in [0.717, 1.165) is 33.6 Å². The Labute approximate surface area is 330 Å². The molecule has 8 aromatic carbocycles. The minimum Gasteiger partial charge on any atom is -0.312 e. The van der Waals surface area contributed by atoms with E-state index in [1.165, 1.54) is 0 Å². The van der Waals surface area contributed by atoms with Crippen LogP contribution in [0.15, 0.2) is 109 Å². The zero-order chi connectivity index (χ0) is 38.2. The van der Waals surface area contributed by atoms with Gasteiger partial charge in [0.1, 0.15) is 86.3 Å². The third kappa shape index (κ3) is 5.47. The van der Waals surface area contributed by atoms with Gasteiger partial charge >= 0.3 is 0 Å². The second kappa shape index (κ2) is 13.7. The van der Waals surface area contributed by atoms with Crippen LogP contribution in [0.4, 0.5) is 17.1 Å². The van der Waals surface area contributed by atoms with Crippen LogP contribution in [0.3, 0.4) is 0 Å². The molecule has 0 aromatic heterocycles. The molecule has 0 bridgehead atoms. The fourth-order valence-electron chi connectivity index (χ4n) is 7.53. The van der Waals surface area contributed by atoms with Gasteiger partial charge in [0, 0.05) is 17.1 Å². The minimum atomic E-state index is 0.0641. The SMILES string of the molecule is [B]c1c([B])c([B])c2c(c1[B])c1c([B])c([B])c([B])c([B])c1c1c([B])c(N(c3ccc(-c4ccccc4)cc3)c3ccc(-c4ccccc4)cc3)c([B])c([B])c21. The molecule has 8 rings (SSSR count). The third-order valence-electron chi connectivity index (χ3n) is 10.3. The Balaban J connectivity index is 1.51. The van der Waals surface area contributed by atoms with Crippen LogP contribution in [0, 0.1) is 0 Å². The van der Waals surface area contributed by atoms with Crippen LogP contribution >= 0.6 is 0 Å². The smallest absolute Gasteiger partial charge is 0.117 e. The van der Waals surface area contributed by atoms with E-state index in [-0.39, 0.29) is 60.1 Å². The van der Waals surface area contributed by atoms with Crippen molar-refractivity contribution in [3.8, 4) is 22.3 Å². The van der Waals surface area contributed by atoms with Gasteiger partial charge in [-0.3, -0.25) is 0 Å². The van der Waals surface area contributed by atoms with Gasteiger partial charge in [0.05, 0.1) is 0 Å². The first-order chi connectivity index (χ1) is 25.9. The maximum absolute atomic E-state index is 7.35. The molecule has 0 aliphatic rings. The summed E-state index contributed by atoms with van der Waals surface area (Å²) in [6.07, 6.45) is 0. The molecule has 224 valence electrons. The zero-order valence-electron chi connectivity index (χ0n) is 29.2. The van der Waals surface area contributed by atoms with Gasteiger partial charge in [-0.05, 0) is 78.8 Å². The monoisotopic (exact) mass is 657 g/mol. The van der Waals surface area contributed by atoms with Gasteiger partial charge in [0.15, 0.2) is 0 Å². The number of rotatable bonds is 5. The summed E-state index contributed by atoms with van der Waals surface area (Å²) in [5.41, 5.74) is 7.32. The van der Waals surface area contributed by atoms with E-state index in [0.29, 0.717) is 38.0 Å². The summed E-state index contributed by atoms with van der Waals surface area (Å²) in [5, 5.41) is 2.16.